The molecule has 92 valence electrons. The number of nitrogen functional groups attached to an aromatic ring is 1. The van der Waals surface area contributed by atoms with Gasteiger partial charge in [-0.1, -0.05) is 6.07 Å². The summed E-state index contributed by atoms with van der Waals surface area (Å²) in [7, 11) is 0. The maximum Gasteiger partial charge on any atom is 0.224 e. The Kier molecular flexibility index (Phi) is 2.84. The molecule has 0 bridgehead atoms. The molecule has 1 aliphatic rings. The molecule has 4 heteroatoms. The minimum absolute atomic E-state index is 0.227. The Bertz CT molecular complexity index is 569. The molecule has 18 heavy (non-hydrogen) atoms. The van der Waals surface area contributed by atoms with Gasteiger partial charge >= 0.3 is 0 Å². The molecule has 2 N–H and O–H groups in total. The van der Waals surface area contributed by atoms with Crippen LogP contribution >= 0.6 is 0 Å². The Morgan fingerprint density at radius 2 is 1.89 bits per heavy atom. The summed E-state index contributed by atoms with van der Waals surface area (Å²) in [4.78, 5) is 7.86. The topological polar surface area (TPSA) is 61.0 Å². The van der Waals surface area contributed by atoms with Crippen molar-refractivity contribution in [3.8, 4) is 11.6 Å². The van der Waals surface area contributed by atoms with Crippen LogP contribution in [0.1, 0.15) is 24.0 Å². The monoisotopic (exact) mass is 241 g/mol. The maximum atomic E-state index is 5.69. The molecular formula is C14H15N3O. The number of nitrogens with two attached hydrogens (primary N) is 1. The van der Waals surface area contributed by atoms with E-state index in [4.69, 9.17) is 10.5 Å². The van der Waals surface area contributed by atoms with Crippen LogP contribution in [-0.2, 0) is 12.8 Å². The first kappa shape index (κ1) is 11.0. The molecule has 4 nitrogen and oxygen atoms in total. The van der Waals surface area contributed by atoms with E-state index in [-0.39, 0.29) is 5.95 Å². The van der Waals surface area contributed by atoms with Gasteiger partial charge in [-0.15, -0.1) is 0 Å². The number of nitrogens with zero attached hydrogens (tertiary/aromatic N) is 2. The van der Waals surface area contributed by atoms with Gasteiger partial charge in [0.15, 0.2) is 0 Å². The number of aromatic nitrogens is 2. The molecule has 0 saturated carbocycles. The lowest BCUT2D eigenvalue weighted by Gasteiger charge is -2.16. The molecule has 0 unspecified atom stereocenters. The minimum Gasteiger partial charge on any atom is -0.439 e. The molecule has 0 fully saturated rings. The quantitative estimate of drug-likeness (QED) is 0.878. The van der Waals surface area contributed by atoms with Gasteiger partial charge in [-0.2, -0.15) is 4.98 Å². The van der Waals surface area contributed by atoms with Gasteiger partial charge in [0.05, 0.1) is 0 Å². The zero-order valence-electron chi connectivity index (χ0n) is 10.1. The summed E-state index contributed by atoms with van der Waals surface area (Å²) in [5, 5.41) is 0. The Labute approximate surface area is 106 Å². The molecule has 0 aliphatic heterocycles. The average molecular weight is 241 g/mol. The van der Waals surface area contributed by atoms with E-state index in [2.05, 4.69) is 22.1 Å². The number of anilines is 1. The van der Waals surface area contributed by atoms with Crippen LogP contribution < -0.4 is 10.5 Å². The Morgan fingerprint density at radius 1 is 1.06 bits per heavy atom. The van der Waals surface area contributed by atoms with Crippen molar-refractivity contribution in [2.75, 3.05) is 5.73 Å². The number of rotatable bonds is 2. The van der Waals surface area contributed by atoms with Crippen molar-refractivity contribution in [2.45, 2.75) is 25.7 Å². The van der Waals surface area contributed by atoms with E-state index in [0.29, 0.717) is 5.88 Å². The third-order valence-corrected chi connectivity index (χ3v) is 3.19. The second-order valence-electron chi connectivity index (χ2n) is 4.49. The highest BCUT2D eigenvalue weighted by Gasteiger charge is 2.10. The van der Waals surface area contributed by atoms with Gasteiger partial charge in [0.1, 0.15) is 5.75 Å². The van der Waals surface area contributed by atoms with Gasteiger partial charge in [-0.3, -0.25) is 0 Å². The van der Waals surface area contributed by atoms with E-state index in [1.165, 1.54) is 30.4 Å². The second-order valence-corrected chi connectivity index (χ2v) is 4.49. The smallest absolute Gasteiger partial charge is 0.224 e. The van der Waals surface area contributed by atoms with Gasteiger partial charge in [-0.25, -0.2) is 4.98 Å². The average Bonchev–Trinajstić information content (AvgIpc) is 2.39. The summed E-state index contributed by atoms with van der Waals surface area (Å²) < 4.78 is 5.69. The summed E-state index contributed by atoms with van der Waals surface area (Å²) in [6.07, 6.45) is 6.46. The van der Waals surface area contributed by atoms with Crippen molar-refractivity contribution in [1.29, 1.82) is 0 Å². The minimum atomic E-state index is 0.227. The lowest BCUT2D eigenvalue weighted by Crippen LogP contribution is -2.02. The van der Waals surface area contributed by atoms with Crippen LogP contribution in [0, 0.1) is 0 Å². The van der Waals surface area contributed by atoms with E-state index >= 15 is 0 Å². The van der Waals surface area contributed by atoms with E-state index in [1.807, 2.05) is 6.07 Å². The van der Waals surface area contributed by atoms with Crippen molar-refractivity contribution < 1.29 is 4.74 Å². The Hall–Kier alpha value is -2.10. The molecule has 1 aromatic carbocycles. The molecule has 0 spiro atoms. The van der Waals surface area contributed by atoms with E-state index in [9.17, 15) is 0 Å². The molecule has 0 amide bonds. The lowest BCUT2D eigenvalue weighted by molar-refractivity contribution is 0.461. The molecule has 2 aromatic rings. The largest absolute Gasteiger partial charge is 0.439 e. The van der Waals surface area contributed by atoms with Crippen molar-refractivity contribution in [1.82, 2.24) is 9.97 Å². The van der Waals surface area contributed by atoms with Crippen LogP contribution in [0.2, 0.25) is 0 Å². The van der Waals surface area contributed by atoms with E-state index in [1.54, 1.807) is 12.3 Å². The van der Waals surface area contributed by atoms with E-state index < -0.39 is 0 Å². The number of hydrogen-bond donors (Lipinski definition) is 1. The van der Waals surface area contributed by atoms with Crippen molar-refractivity contribution in [2.24, 2.45) is 0 Å². The van der Waals surface area contributed by atoms with Crippen LogP contribution in [0.3, 0.4) is 0 Å². The molecule has 0 radical (unpaired) electrons. The number of benzene rings is 1. The van der Waals surface area contributed by atoms with Crippen LogP contribution in [0.5, 0.6) is 11.6 Å². The van der Waals surface area contributed by atoms with Crippen molar-refractivity contribution in [3.05, 3.63) is 41.6 Å². The predicted molar refractivity (Wildman–Crippen MR) is 69.6 cm³/mol. The van der Waals surface area contributed by atoms with Gasteiger partial charge in [0.2, 0.25) is 11.8 Å². The molecular weight excluding hydrogens is 226 g/mol. The molecule has 3 rings (SSSR count). The van der Waals surface area contributed by atoms with Gasteiger partial charge in [-0.05, 0) is 48.9 Å². The number of fused-ring (bicyclic) bond motifs is 1. The van der Waals surface area contributed by atoms with Gasteiger partial charge in [0.25, 0.3) is 0 Å². The summed E-state index contributed by atoms with van der Waals surface area (Å²) in [5.74, 6) is 1.53. The SMILES string of the molecule is Nc1nccc(Oc2ccc3c(c2)CCCC3)n1. The standard InChI is InChI=1S/C14H15N3O/c15-14-16-8-7-13(17-14)18-12-6-5-10-3-1-2-4-11(10)9-12/h5-9H,1-4H2,(H2,15,16,17). The first-order valence-electron chi connectivity index (χ1n) is 6.19. The fourth-order valence-electron chi connectivity index (χ4n) is 2.31. The maximum absolute atomic E-state index is 5.69. The number of hydrogen-bond acceptors (Lipinski definition) is 4. The van der Waals surface area contributed by atoms with Crippen LogP contribution in [0.4, 0.5) is 5.95 Å². The zero-order chi connectivity index (χ0) is 12.4. The summed E-state index contributed by atoms with van der Waals surface area (Å²) in [6.45, 7) is 0. The predicted octanol–water partition coefficient (Wildman–Crippen LogP) is 2.73. The van der Waals surface area contributed by atoms with Crippen LogP contribution in [0.25, 0.3) is 0 Å². The second kappa shape index (κ2) is 4.64. The van der Waals surface area contributed by atoms with E-state index in [0.717, 1.165) is 12.2 Å². The molecule has 1 aliphatic carbocycles. The summed E-state index contributed by atoms with van der Waals surface area (Å²) in [5.41, 5.74) is 8.35. The first-order chi connectivity index (χ1) is 8.81. The van der Waals surface area contributed by atoms with Crippen LogP contribution in [0.15, 0.2) is 30.5 Å². The Balaban J connectivity index is 1.85. The van der Waals surface area contributed by atoms with Crippen LogP contribution in [-0.4, -0.2) is 9.97 Å². The highest BCUT2D eigenvalue weighted by Crippen LogP contribution is 2.27. The van der Waals surface area contributed by atoms with Gasteiger partial charge in [0, 0.05) is 12.3 Å². The third kappa shape index (κ3) is 2.27. The molecule has 0 atom stereocenters. The van der Waals surface area contributed by atoms with Crippen molar-refractivity contribution >= 4 is 5.95 Å². The Morgan fingerprint density at radius 3 is 2.72 bits per heavy atom. The highest BCUT2D eigenvalue weighted by atomic mass is 16.5. The summed E-state index contributed by atoms with van der Waals surface area (Å²) >= 11 is 0. The molecule has 1 aromatic heterocycles. The number of aryl methyl sites for hydroxylation is 2. The normalized spacial score (nSPS) is 14.0. The first-order valence-corrected chi connectivity index (χ1v) is 6.19. The highest BCUT2D eigenvalue weighted by molar-refractivity contribution is 5.38. The van der Waals surface area contributed by atoms with Crippen molar-refractivity contribution in [3.63, 3.8) is 0 Å². The third-order valence-electron chi connectivity index (χ3n) is 3.19. The molecule has 0 saturated heterocycles. The molecule has 1 heterocycles. The zero-order valence-corrected chi connectivity index (χ0v) is 10.1. The number of ether oxygens (including phenoxy) is 1. The summed E-state index contributed by atoms with van der Waals surface area (Å²) in [6, 6.07) is 7.94. The fourth-order valence-corrected chi connectivity index (χ4v) is 2.31. The lowest BCUT2D eigenvalue weighted by atomic mass is 9.92. The fraction of sp³-hybridized carbons (Fsp3) is 0.286. The van der Waals surface area contributed by atoms with Gasteiger partial charge < -0.3 is 10.5 Å².